The van der Waals surface area contributed by atoms with Crippen molar-refractivity contribution in [3.05, 3.63) is 74.4 Å². The third kappa shape index (κ3) is 4.90. The minimum absolute atomic E-state index is 0.00154. The van der Waals surface area contributed by atoms with Crippen molar-refractivity contribution >= 4 is 46.0 Å². The Morgan fingerprint density at radius 1 is 1.10 bits per heavy atom. The average Bonchev–Trinajstić information content (AvgIpc) is 3.16. The number of anilines is 2. The summed E-state index contributed by atoms with van der Waals surface area (Å²) in [4.78, 5) is 42.5. The maximum Gasteiger partial charge on any atom is 0.419 e. The summed E-state index contributed by atoms with van der Waals surface area (Å²) in [5.74, 6) is 0.475. The second-order valence-corrected chi connectivity index (χ2v) is 10.8. The number of aromatic nitrogens is 3. The number of benzene rings is 2. The number of aryl methyl sites for hydroxylation is 2. The van der Waals surface area contributed by atoms with Gasteiger partial charge in [0, 0.05) is 44.0 Å². The number of fused-ring (bicyclic) bond motifs is 2. The smallest absolute Gasteiger partial charge is 0.419 e. The Labute approximate surface area is 240 Å². The zero-order chi connectivity index (χ0) is 28.8. The largest absolute Gasteiger partial charge is 0.497 e. The van der Waals surface area contributed by atoms with Crippen LogP contribution < -0.4 is 20.7 Å². The van der Waals surface area contributed by atoms with Crippen LogP contribution in [0.15, 0.2) is 45.6 Å². The van der Waals surface area contributed by atoms with Gasteiger partial charge in [-0.05, 0) is 73.7 Å². The summed E-state index contributed by atoms with van der Waals surface area (Å²) in [6.45, 7) is 3.70. The molecule has 0 unspecified atom stereocenters. The number of methoxy groups -OCH3 is 1. The lowest BCUT2D eigenvalue weighted by Gasteiger charge is -2.38. The number of hydrogen-bond donors (Lipinski definition) is 1. The van der Waals surface area contributed by atoms with E-state index in [-0.39, 0.29) is 28.6 Å². The lowest BCUT2D eigenvalue weighted by Crippen LogP contribution is -2.49. The fourth-order valence-corrected chi connectivity index (χ4v) is 5.96. The van der Waals surface area contributed by atoms with Crippen molar-refractivity contribution in [2.45, 2.75) is 32.2 Å². The van der Waals surface area contributed by atoms with Gasteiger partial charge in [0.2, 0.25) is 0 Å². The Kier molecular flexibility index (Phi) is 6.90. The molecule has 212 valence electrons. The molecule has 2 aromatic carbocycles. The molecule has 0 bridgehead atoms. The molecule has 2 aliphatic heterocycles. The van der Waals surface area contributed by atoms with Crippen molar-refractivity contribution < 1.29 is 18.7 Å². The van der Waals surface area contributed by atoms with Crippen LogP contribution in [0, 0.1) is 6.92 Å². The third-order valence-electron chi connectivity index (χ3n) is 7.98. The van der Waals surface area contributed by atoms with Crippen LogP contribution in [-0.2, 0) is 13.5 Å². The molecule has 6 rings (SSSR count). The quantitative estimate of drug-likeness (QED) is 0.351. The predicted molar refractivity (Wildman–Crippen MR) is 154 cm³/mol. The first-order valence-electron chi connectivity index (χ1n) is 13.4. The second-order valence-electron chi connectivity index (χ2n) is 10.4. The minimum Gasteiger partial charge on any atom is -0.497 e. The molecule has 1 fully saturated rings. The number of ketones is 1. The van der Waals surface area contributed by atoms with Gasteiger partial charge in [0.05, 0.1) is 18.2 Å². The van der Waals surface area contributed by atoms with Crippen LogP contribution in [0.25, 0.3) is 11.1 Å². The number of halogens is 1. The van der Waals surface area contributed by atoms with Crippen molar-refractivity contribution in [2.24, 2.45) is 7.05 Å². The summed E-state index contributed by atoms with van der Waals surface area (Å²) in [6.07, 6.45) is 2.21. The van der Waals surface area contributed by atoms with Crippen LogP contribution in [0.3, 0.4) is 0 Å². The second kappa shape index (κ2) is 10.5. The number of piperidine rings is 1. The lowest BCUT2D eigenvalue weighted by molar-refractivity contribution is 0.103. The molecule has 4 aromatic rings. The molecule has 0 saturated carbocycles. The topological polar surface area (TPSA) is 123 Å². The van der Waals surface area contributed by atoms with E-state index in [1.807, 2.05) is 30.0 Å². The average molecular weight is 577 g/mol. The summed E-state index contributed by atoms with van der Waals surface area (Å²) < 4.78 is 12.1. The van der Waals surface area contributed by atoms with E-state index in [1.54, 1.807) is 32.4 Å². The van der Waals surface area contributed by atoms with Gasteiger partial charge >= 0.3 is 11.8 Å². The van der Waals surface area contributed by atoms with E-state index in [2.05, 4.69) is 20.4 Å². The SMILES string of the molecule is COc1ccc2c(c1)CCN(C1CCN(c3cc(C(=O)c4cc(C)c5c(c4)oc(=O)n5C)c(Cl)nn3)CC1)C(=O)N2. The molecule has 11 nitrogen and oxygen atoms in total. The molecule has 2 aliphatic rings. The predicted octanol–water partition coefficient (Wildman–Crippen LogP) is 4.18. The third-order valence-corrected chi connectivity index (χ3v) is 8.26. The molecule has 41 heavy (non-hydrogen) atoms. The normalized spacial score (nSPS) is 16.0. The van der Waals surface area contributed by atoms with Crippen LogP contribution in [-0.4, -0.2) is 64.3 Å². The number of rotatable bonds is 5. The molecule has 2 amide bonds. The maximum atomic E-state index is 13.5. The van der Waals surface area contributed by atoms with E-state index in [1.165, 1.54) is 4.57 Å². The van der Waals surface area contributed by atoms with Gasteiger partial charge in [0.15, 0.2) is 22.3 Å². The van der Waals surface area contributed by atoms with E-state index >= 15 is 0 Å². The molecule has 4 heterocycles. The standard InChI is InChI=1S/C29H29ClN6O5/c1-16-12-18(14-23-25(16)34(2)29(39)41-23)26(37)21-15-24(32-33-27(21)30)35-9-7-19(8-10-35)36-11-6-17-13-20(40-3)4-5-22(17)31-28(36)38/h4-5,12-15,19H,6-11H2,1-3H3,(H,31,38). The molecule has 0 aliphatic carbocycles. The summed E-state index contributed by atoms with van der Waals surface area (Å²) in [6, 6.07) is 10.6. The van der Waals surface area contributed by atoms with Crippen LogP contribution in [0.1, 0.15) is 39.9 Å². The monoisotopic (exact) mass is 576 g/mol. The number of nitrogens with one attached hydrogen (secondary N) is 1. The molecule has 1 N–H and O–H groups in total. The van der Waals surface area contributed by atoms with Crippen molar-refractivity contribution in [2.75, 3.05) is 37.0 Å². The van der Waals surface area contributed by atoms with Crippen molar-refractivity contribution in [3.63, 3.8) is 0 Å². The molecular formula is C29H29ClN6O5. The first kappa shape index (κ1) is 26.8. The first-order chi connectivity index (χ1) is 19.7. The molecule has 0 spiro atoms. The van der Waals surface area contributed by atoms with Gasteiger partial charge in [0.25, 0.3) is 0 Å². The lowest BCUT2D eigenvalue weighted by atomic mass is 10.0. The van der Waals surface area contributed by atoms with E-state index < -0.39 is 5.76 Å². The van der Waals surface area contributed by atoms with Crippen molar-refractivity contribution in [1.29, 1.82) is 0 Å². The number of amides is 2. The maximum absolute atomic E-state index is 13.5. The van der Waals surface area contributed by atoms with E-state index in [0.717, 1.165) is 41.8 Å². The summed E-state index contributed by atoms with van der Waals surface area (Å²) in [5, 5.41) is 11.4. The molecule has 0 atom stereocenters. The van der Waals surface area contributed by atoms with Crippen molar-refractivity contribution in [1.82, 2.24) is 19.7 Å². The highest BCUT2D eigenvalue weighted by molar-refractivity contribution is 6.34. The van der Waals surface area contributed by atoms with Crippen LogP contribution in [0.5, 0.6) is 5.75 Å². The number of oxazole rings is 1. The van der Waals surface area contributed by atoms with Gasteiger partial charge in [-0.2, -0.15) is 0 Å². The van der Waals surface area contributed by atoms with Gasteiger partial charge in [-0.25, -0.2) is 9.59 Å². The molecule has 12 heteroatoms. The molecular weight excluding hydrogens is 548 g/mol. The van der Waals surface area contributed by atoms with Gasteiger partial charge < -0.3 is 24.3 Å². The Bertz CT molecular complexity index is 1740. The zero-order valence-corrected chi connectivity index (χ0v) is 23.7. The number of hydrogen-bond acceptors (Lipinski definition) is 8. The number of carbonyl (C=O) groups is 2. The van der Waals surface area contributed by atoms with E-state index in [4.69, 9.17) is 20.8 Å². The number of urea groups is 1. The number of carbonyl (C=O) groups excluding carboxylic acids is 2. The van der Waals surface area contributed by atoms with E-state index in [9.17, 15) is 14.4 Å². The highest BCUT2D eigenvalue weighted by Crippen LogP contribution is 2.30. The summed E-state index contributed by atoms with van der Waals surface area (Å²) >= 11 is 6.33. The highest BCUT2D eigenvalue weighted by Gasteiger charge is 2.31. The fourth-order valence-electron chi connectivity index (χ4n) is 5.79. The highest BCUT2D eigenvalue weighted by atomic mass is 35.5. The Balaban J connectivity index is 1.17. The summed E-state index contributed by atoms with van der Waals surface area (Å²) in [5.41, 5.74) is 4.13. The van der Waals surface area contributed by atoms with Gasteiger partial charge in [-0.3, -0.25) is 9.36 Å². The Hall–Kier alpha value is -4.38. The zero-order valence-electron chi connectivity index (χ0n) is 22.9. The fraction of sp³-hybridized carbons (Fsp3) is 0.345. The number of ether oxygens (including phenoxy) is 1. The number of nitrogens with zero attached hydrogens (tertiary/aromatic N) is 5. The molecule has 1 saturated heterocycles. The van der Waals surface area contributed by atoms with Gasteiger partial charge in [-0.15, -0.1) is 10.2 Å². The van der Waals surface area contributed by atoms with Crippen molar-refractivity contribution in [3.8, 4) is 5.75 Å². The Morgan fingerprint density at radius 3 is 2.63 bits per heavy atom. The van der Waals surface area contributed by atoms with Gasteiger partial charge in [-0.1, -0.05) is 11.6 Å². The minimum atomic E-state index is -0.496. The molecule has 2 aromatic heterocycles. The van der Waals surface area contributed by atoms with Crippen LogP contribution in [0.4, 0.5) is 16.3 Å². The van der Waals surface area contributed by atoms with Crippen LogP contribution >= 0.6 is 11.6 Å². The van der Waals surface area contributed by atoms with E-state index in [0.29, 0.717) is 42.1 Å². The Morgan fingerprint density at radius 2 is 1.88 bits per heavy atom. The van der Waals surface area contributed by atoms with Gasteiger partial charge in [0.1, 0.15) is 5.75 Å². The molecule has 0 radical (unpaired) electrons. The first-order valence-corrected chi connectivity index (χ1v) is 13.8. The van der Waals surface area contributed by atoms with Crippen LogP contribution in [0.2, 0.25) is 5.15 Å². The summed E-state index contributed by atoms with van der Waals surface area (Å²) in [7, 11) is 3.25.